The van der Waals surface area contributed by atoms with Gasteiger partial charge in [-0.05, 0) is 41.7 Å². The molecule has 0 radical (unpaired) electrons. The summed E-state index contributed by atoms with van der Waals surface area (Å²) in [4.78, 5) is 0. The monoisotopic (exact) mass is 302 g/mol. The molecular weight excluding hydrogens is 280 g/mol. The van der Waals surface area contributed by atoms with Gasteiger partial charge in [-0.25, -0.2) is 0 Å². The highest BCUT2D eigenvalue weighted by molar-refractivity contribution is 6.32. The minimum absolute atomic E-state index is 0.684. The van der Waals surface area contributed by atoms with E-state index in [-0.39, 0.29) is 0 Å². The van der Waals surface area contributed by atoms with E-state index < -0.39 is 0 Å². The molecule has 2 rings (SSSR count). The van der Waals surface area contributed by atoms with E-state index in [9.17, 15) is 0 Å². The molecule has 0 fully saturated rings. The van der Waals surface area contributed by atoms with Gasteiger partial charge in [0.15, 0.2) is 0 Å². The third-order valence-electron chi connectivity index (χ3n) is 3.63. The van der Waals surface area contributed by atoms with Gasteiger partial charge < -0.3 is 4.74 Å². The summed E-state index contributed by atoms with van der Waals surface area (Å²) in [5.41, 5.74) is 3.66. The molecule has 0 aliphatic heterocycles. The predicted molar refractivity (Wildman–Crippen MR) is 91.3 cm³/mol. The van der Waals surface area contributed by atoms with Crippen LogP contribution in [-0.2, 0) is 6.42 Å². The van der Waals surface area contributed by atoms with E-state index in [0.717, 1.165) is 30.8 Å². The maximum atomic E-state index is 6.33. The highest BCUT2D eigenvalue weighted by atomic mass is 35.5. The van der Waals surface area contributed by atoms with Crippen molar-refractivity contribution in [1.82, 2.24) is 0 Å². The first-order valence-corrected chi connectivity index (χ1v) is 8.14. The summed E-state index contributed by atoms with van der Waals surface area (Å²) < 4.78 is 5.73. The van der Waals surface area contributed by atoms with Crippen LogP contribution in [-0.4, -0.2) is 6.61 Å². The number of unbranched alkanes of at least 4 members (excludes halogenated alkanes) is 2. The van der Waals surface area contributed by atoms with E-state index in [0.29, 0.717) is 5.02 Å². The van der Waals surface area contributed by atoms with Gasteiger partial charge in [0.2, 0.25) is 0 Å². The number of halogens is 1. The van der Waals surface area contributed by atoms with Crippen LogP contribution in [0.1, 0.15) is 38.7 Å². The van der Waals surface area contributed by atoms with Crippen molar-refractivity contribution in [3.63, 3.8) is 0 Å². The Bertz CT molecular complexity index is 560. The van der Waals surface area contributed by atoms with E-state index in [2.05, 4.69) is 44.2 Å². The van der Waals surface area contributed by atoms with E-state index >= 15 is 0 Å². The molecular formula is C19H23ClO. The van der Waals surface area contributed by atoms with Crippen LogP contribution in [0.3, 0.4) is 0 Å². The Balaban J connectivity index is 2.06. The SMILES string of the molecule is CCCCCOc1ccc(-c2ccc(CC)cc2)cc1Cl. The molecule has 0 N–H and O–H groups in total. The van der Waals surface area contributed by atoms with Crippen molar-refractivity contribution < 1.29 is 4.74 Å². The molecule has 0 bridgehead atoms. The van der Waals surface area contributed by atoms with Crippen LogP contribution in [0.25, 0.3) is 11.1 Å². The Morgan fingerprint density at radius 1 is 0.905 bits per heavy atom. The standard InChI is InChI=1S/C19H23ClO/c1-3-5-6-13-21-19-12-11-17(14-18(19)20)16-9-7-15(4-2)8-10-16/h7-12,14H,3-6,13H2,1-2H3. The van der Waals surface area contributed by atoms with Crippen LogP contribution in [0, 0.1) is 0 Å². The Morgan fingerprint density at radius 2 is 1.62 bits per heavy atom. The lowest BCUT2D eigenvalue weighted by molar-refractivity contribution is 0.306. The molecule has 21 heavy (non-hydrogen) atoms. The van der Waals surface area contributed by atoms with Gasteiger partial charge in [0.05, 0.1) is 11.6 Å². The Labute approximate surface area is 132 Å². The van der Waals surface area contributed by atoms with Crippen molar-refractivity contribution in [3.8, 4) is 16.9 Å². The normalized spacial score (nSPS) is 10.6. The lowest BCUT2D eigenvalue weighted by atomic mass is 10.0. The molecule has 2 aromatic carbocycles. The van der Waals surface area contributed by atoms with Gasteiger partial charge in [0, 0.05) is 0 Å². The smallest absolute Gasteiger partial charge is 0.137 e. The first-order valence-electron chi connectivity index (χ1n) is 7.76. The minimum Gasteiger partial charge on any atom is -0.492 e. The first-order chi connectivity index (χ1) is 10.2. The molecule has 0 aromatic heterocycles. The molecule has 0 heterocycles. The van der Waals surface area contributed by atoms with Crippen molar-refractivity contribution in [1.29, 1.82) is 0 Å². The van der Waals surface area contributed by atoms with Crippen molar-refractivity contribution in [3.05, 3.63) is 53.1 Å². The molecule has 0 saturated heterocycles. The summed E-state index contributed by atoms with van der Waals surface area (Å²) in [6.45, 7) is 5.08. The second-order valence-electron chi connectivity index (χ2n) is 5.25. The van der Waals surface area contributed by atoms with E-state index in [1.807, 2.05) is 12.1 Å². The van der Waals surface area contributed by atoms with Crippen LogP contribution in [0.4, 0.5) is 0 Å². The molecule has 0 spiro atoms. The summed E-state index contributed by atoms with van der Waals surface area (Å²) in [5.74, 6) is 0.779. The average Bonchev–Trinajstić information content (AvgIpc) is 2.53. The van der Waals surface area contributed by atoms with Crippen LogP contribution >= 0.6 is 11.6 Å². The molecule has 2 aromatic rings. The molecule has 112 valence electrons. The van der Waals surface area contributed by atoms with Crippen molar-refractivity contribution in [2.24, 2.45) is 0 Å². The topological polar surface area (TPSA) is 9.23 Å². The summed E-state index contributed by atoms with van der Waals surface area (Å²) in [5, 5.41) is 0.684. The van der Waals surface area contributed by atoms with E-state index in [4.69, 9.17) is 16.3 Å². The van der Waals surface area contributed by atoms with Gasteiger partial charge in [0.25, 0.3) is 0 Å². The fourth-order valence-electron chi connectivity index (χ4n) is 2.26. The Morgan fingerprint density at radius 3 is 2.24 bits per heavy atom. The molecule has 0 aliphatic rings. The summed E-state index contributed by atoms with van der Waals surface area (Å²) in [6.07, 6.45) is 4.53. The van der Waals surface area contributed by atoms with Gasteiger partial charge in [-0.15, -0.1) is 0 Å². The maximum absolute atomic E-state index is 6.33. The number of benzene rings is 2. The van der Waals surface area contributed by atoms with Gasteiger partial charge in [-0.3, -0.25) is 0 Å². The molecule has 2 heteroatoms. The minimum atomic E-state index is 0.684. The molecule has 0 amide bonds. The number of rotatable bonds is 7. The zero-order valence-electron chi connectivity index (χ0n) is 12.9. The van der Waals surface area contributed by atoms with Crippen LogP contribution in [0.5, 0.6) is 5.75 Å². The zero-order valence-corrected chi connectivity index (χ0v) is 13.6. The molecule has 0 saturated carbocycles. The van der Waals surface area contributed by atoms with Crippen LogP contribution in [0.15, 0.2) is 42.5 Å². The van der Waals surface area contributed by atoms with Gasteiger partial charge in [-0.2, -0.15) is 0 Å². The number of hydrogen-bond acceptors (Lipinski definition) is 1. The van der Waals surface area contributed by atoms with Crippen molar-refractivity contribution >= 4 is 11.6 Å². The zero-order chi connectivity index (χ0) is 15.1. The third kappa shape index (κ3) is 4.50. The lowest BCUT2D eigenvalue weighted by Gasteiger charge is -2.10. The highest BCUT2D eigenvalue weighted by Gasteiger charge is 2.05. The maximum Gasteiger partial charge on any atom is 0.137 e. The second-order valence-corrected chi connectivity index (χ2v) is 5.66. The largest absolute Gasteiger partial charge is 0.492 e. The van der Waals surface area contributed by atoms with Gasteiger partial charge in [-0.1, -0.05) is 68.6 Å². The molecule has 0 atom stereocenters. The average molecular weight is 303 g/mol. The fourth-order valence-corrected chi connectivity index (χ4v) is 2.50. The van der Waals surface area contributed by atoms with Crippen molar-refractivity contribution in [2.45, 2.75) is 39.5 Å². The number of hydrogen-bond donors (Lipinski definition) is 0. The molecule has 1 nitrogen and oxygen atoms in total. The molecule has 0 unspecified atom stereocenters. The third-order valence-corrected chi connectivity index (χ3v) is 3.93. The van der Waals surface area contributed by atoms with Crippen LogP contribution < -0.4 is 4.74 Å². The van der Waals surface area contributed by atoms with Crippen LogP contribution in [0.2, 0.25) is 5.02 Å². The highest BCUT2D eigenvalue weighted by Crippen LogP contribution is 2.30. The van der Waals surface area contributed by atoms with Gasteiger partial charge >= 0.3 is 0 Å². The van der Waals surface area contributed by atoms with Crippen molar-refractivity contribution in [2.75, 3.05) is 6.61 Å². The Kier molecular flexibility index (Phi) is 6.13. The van der Waals surface area contributed by atoms with Gasteiger partial charge in [0.1, 0.15) is 5.75 Å². The quantitative estimate of drug-likeness (QED) is 0.558. The predicted octanol–water partition coefficient (Wildman–Crippen LogP) is 6.14. The summed E-state index contributed by atoms with van der Waals surface area (Å²) in [7, 11) is 0. The molecule has 0 aliphatic carbocycles. The number of ether oxygens (including phenoxy) is 1. The Hall–Kier alpha value is -1.47. The second kappa shape index (κ2) is 8.09. The summed E-state index contributed by atoms with van der Waals surface area (Å²) in [6, 6.07) is 14.6. The summed E-state index contributed by atoms with van der Waals surface area (Å²) >= 11 is 6.33. The lowest BCUT2D eigenvalue weighted by Crippen LogP contribution is -1.97. The number of aryl methyl sites for hydroxylation is 1. The fraction of sp³-hybridized carbons (Fsp3) is 0.368. The van der Waals surface area contributed by atoms with E-state index in [1.54, 1.807) is 0 Å². The first kappa shape index (κ1) is 15.9. The van der Waals surface area contributed by atoms with E-state index in [1.165, 1.54) is 24.0 Å².